The molecule has 0 amide bonds. The van der Waals surface area contributed by atoms with Gasteiger partial charge in [-0.3, -0.25) is 4.79 Å². The normalized spacial score (nSPS) is 12.1. The van der Waals surface area contributed by atoms with Crippen LogP contribution in [0.4, 0.5) is 0 Å². The summed E-state index contributed by atoms with van der Waals surface area (Å²) in [5.41, 5.74) is 0.992. The highest BCUT2D eigenvalue weighted by atomic mass is 16.1. The molecule has 0 aliphatic carbocycles. The molecule has 0 fully saturated rings. The quantitative estimate of drug-likeness (QED) is 0.779. The Morgan fingerprint density at radius 1 is 1.50 bits per heavy atom. The lowest BCUT2D eigenvalue weighted by Crippen LogP contribution is -2.26. The largest absolute Gasteiger partial charge is 0.312 e. The molecule has 86 valence electrons. The summed E-state index contributed by atoms with van der Waals surface area (Å²) < 4.78 is 1.71. The molecule has 0 spiro atoms. The molecule has 0 saturated carbocycles. The maximum Gasteiger partial charge on any atom is 0.268 e. The van der Waals surface area contributed by atoms with Crippen LogP contribution in [0.2, 0.25) is 0 Å². The third kappa shape index (κ3) is 2.73. The summed E-state index contributed by atoms with van der Waals surface area (Å²) in [6, 6.07) is 5.36. The minimum atomic E-state index is -0.162. The van der Waals surface area contributed by atoms with E-state index in [-0.39, 0.29) is 11.1 Å². The van der Waals surface area contributed by atoms with E-state index in [1.165, 1.54) is 0 Å². The Morgan fingerprint density at radius 2 is 2.19 bits per heavy atom. The van der Waals surface area contributed by atoms with Crippen LogP contribution in [0.15, 0.2) is 16.9 Å². The van der Waals surface area contributed by atoms with Gasteiger partial charge in [-0.25, -0.2) is 0 Å². The first-order chi connectivity index (χ1) is 7.60. The Kier molecular flexibility index (Phi) is 4.30. The molecular weight excluding hydrogens is 200 g/mol. The zero-order chi connectivity index (χ0) is 12.1. The highest BCUT2D eigenvalue weighted by Crippen LogP contribution is 2.09. The number of rotatable bonds is 4. The molecule has 3 heteroatoms. The van der Waals surface area contributed by atoms with E-state index < -0.39 is 0 Å². The number of hydrogen-bond acceptors (Lipinski definition) is 2. The van der Waals surface area contributed by atoms with Crippen LogP contribution < -0.4 is 5.56 Å². The third-order valence-corrected chi connectivity index (χ3v) is 2.79. The maximum absolute atomic E-state index is 11.9. The fraction of sp³-hybridized carbons (Fsp3) is 0.538. The van der Waals surface area contributed by atoms with Crippen LogP contribution in [-0.2, 0) is 6.54 Å². The van der Waals surface area contributed by atoms with Gasteiger partial charge in [0.1, 0.15) is 11.6 Å². The first kappa shape index (κ1) is 12.5. The molecule has 3 nitrogen and oxygen atoms in total. The van der Waals surface area contributed by atoms with E-state index in [1.807, 2.05) is 19.1 Å². The van der Waals surface area contributed by atoms with Gasteiger partial charge in [0.05, 0.1) is 0 Å². The second-order valence-corrected chi connectivity index (χ2v) is 4.31. The molecule has 1 aromatic heterocycles. The molecule has 0 bridgehead atoms. The first-order valence-electron chi connectivity index (χ1n) is 5.70. The number of hydrogen-bond donors (Lipinski definition) is 0. The molecule has 1 heterocycles. The highest BCUT2D eigenvalue weighted by molar-refractivity contribution is 5.27. The van der Waals surface area contributed by atoms with Gasteiger partial charge in [-0.2, -0.15) is 5.26 Å². The van der Waals surface area contributed by atoms with Crippen molar-refractivity contribution in [3.05, 3.63) is 33.7 Å². The summed E-state index contributed by atoms with van der Waals surface area (Å²) in [7, 11) is 0. The molecule has 0 aromatic carbocycles. The minimum Gasteiger partial charge on any atom is -0.312 e. The summed E-state index contributed by atoms with van der Waals surface area (Å²) in [5.74, 6) is 0.468. The predicted octanol–water partition coefficient (Wildman–Crippen LogP) is 2.46. The Hall–Kier alpha value is -1.56. The van der Waals surface area contributed by atoms with Gasteiger partial charge in [0.25, 0.3) is 5.56 Å². The second kappa shape index (κ2) is 5.50. The second-order valence-electron chi connectivity index (χ2n) is 4.31. The van der Waals surface area contributed by atoms with Crippen molar-refractivity contribution in [2.75, 3.05) is 0 Å². The van der Waals surface area contributed by atoms with E-state index in [9.17, 15) is 4.79 Å². The predicted molar refractivity (Wildman–Crippen MR) is 64.2 cm³/mol. The molecule has 1 rings (SSSR count). The summed E-state index contributed by atoms with van der Waals surface area (Å²) >= 11 is 0. The van der Waals surface area contributed by atoms with E-state index in [1.54, 1.807) is 10.6 Å². The summed E-state index contributed by atoms with van der Waals surface area (Å²) in [6.07, 6.45) is 2.22. The smallest absolute Gasteiger partial charge is 0.268 e. The van der Waals surface area contributed by atoms with Gasteiger partial charge in [0, 0.05) is 12.2 Å². The first-order valence-corrected chi connectivity index (χ1v) is 5.70. The van der Waals surface area contributed by atoms with Crippen LogP contribution in [0.3, 0.4) is 0 Å². The molecule has 0 N–H and O–H groups in total. The van der Waals surface area contributed by atoms with E-state index in [0.29, 0.717) is 12.5 Å². The van der Waals surface area contributed by atoms with Crippen molar-refractivity contribution >= 4 is 0 Å². The summed E-state index contributed by atoms with van der Waals surface area (Å²) in [5, 5.41) is 8.81. The van der Waals surface area contributed by atoms with Crippen molar-refractivity contribution in [3.63, 3.8) is 0 Å². The molecule has 16 heavy (non-hydrogen) atoms. The van der Waals surface area contributed by atoms with Gasteiger partial charge in [-0.15, -0.1) is 0 Å². The van der Waals surface area contributed by atoms with Crippen LogP contribution in [-0.4, -0.2) is 4.57 Å². The van der Waals surface area contributed by atoms with Crippen molar-refractivity contribution in [2.45, 2.75) is 40.2 Å². The number of aromatic nitrogens is 1. The summed E-state index contributed by atoms with van der Waals surface area (Å²) in [6.45, 7) is 6.88. The van der Waals surface area contributed by atoms with Crippen LogP contribution in [0.1, 0.15) is 37.9 Å². The Bertz CT molecular complexity index is 454. The SMILES string of the molecule is CCCC(C)Cn1c(C)ccc(C#N)c1=O. The molecular formula is C13H18N2O. The van der Waals surface area contributed by atoms with E-state index in [4.69, 9.17) is 5.26 Å². The maximum atomic E-state index is 11.9. The highest BCUT2D eigenvalue weighted by Gasteiger charge is 2.08. The average Bonchev–Trinajstić information content (AvgIpc) is 2.25. The number of nitrogens with zero attached hydrogens (tertiary/aromatic N) is 2. The minimum absolute atomic E-state index is 0.162. The fourth-order valence-corrected chi connectivity index (χ4v) is 1.88. The molecule has 0 radical (unpaired) electrons. The number of nitriles is 1. The molecule has 0 aliphatic heterocycles. The zero-order valence-electron chi connectivity index (χ0n) is 10.2. The lowest BCUT2D eigenvalue weighted by Gasteiger charge is -2.15. The van der Waals surface area contributed by atoms with Crippen LogP contribution >= 0.6 is 0 Å². The van der Waals surface area contributed by atoms with Crippen molar-refractivity contribution in [1.82, 2.24) is 4.57 Å². The van der Waals surface area contributed by atoms with Crippen LogP contribution in [0, 0.1) is 24.2 Å². The van der Waals surface area contributed by atoms with E-state index >= 15 is 0 Å². The Balaban J connectivity index is 3.04. The van der Waals surface area contributed by atoms with Gasteiger partial charge in [0.15, 0.2) is 0 Å². The fourth-order valence-electron chi connectivity index (χ4n) is 1.88. The van der Waals surface area contributed by atoms with Gasteiger partial charge < -0.3 is 4.57 Å². The lowest BCUT2D eigenvalue weighted by atomic mass is 10.1. The monoisotopic (exact) mass is 218 g/mol. The molecule has 1 atom stereocenters. The van der Waals surface area contributed by atoms with Crippen molar-refractivity contribution < 1.29 is 0 Å². The Labute approximate surface area is 96.3 Å². The third-order valence-electron chi connectivity index (χ3n) is 2.79. The topological polar surface area (TPSA) is 45.8 Å². The van der Waals surface area contributed by atoms with E-state index in [2.05, 4.69) is 13.8 Å². The molecule has 0 aliphatic rings. The summed E-state index contributed by atoms with van der Waals surface area (Å²) in [4.78, 5) is 11.9. The zero-order valence-corrected chi connectivity index (χ0v) is 10.2. The van der Waals surface area contributed by atoms with Crippen molar-refractivity contribution in [1.29, 1.82) is 5.26 Å². The lowest BCUT2D eigenvalue weighted by molar-refractivity contribution is 0.433. The Morgan fingerprint density at radius 3 is 2.75 bits per heavy atom. The molecule has 1 aromatic rings. The number of pyridine rings is 1. The van der Waals surface area contributed by atoms with E-state index in [0.717, 1.165) is 18.5 Å². The van der Waals surface area contributed by atoms with Crippen molar-refractivity contribution in [2.24, 2.45) is 5.92 Å². The standard InChI is InChI=1S/C13H18N2O/c1-4-5-10(2)9-15-11(3)6-7-12(8-14)13(15)16/h6-7,10H,4-5,9H2,1-3H3. The van der Waals surface area contributed by atoms with Gasteiger partial charge in [0.2, 0.25) is 0 Å². The number of aryl methyl sites for hydroxylation is 1. The van der Waals surface area contributed by atoms with Gasteiger partial charge in [-0.1, -0.05) is 20.3 Å². The van der Waals surface area contributed by atoms with Gasteiger partial charge >= 0.3 is 0 Å². The van der Waals surface area contributed by atoms with Crippen molar-refractivity contribution in [3.8, 4) is 6.07 Å². The molecule has 0 saturated heterocycles. The average molecular weight is 218 g/mol. The molecule has 1 unspecified atom stereocenters. The van der Waals surface area contributed by atoms with Crippen LogP contribution in [0.25, 0.3) is 0 Å². The van der Waals surface area contributed by atoms with Gasteiger partial charge in [-0.05, 0) is 31.4 Å². The van der Waals surface area contributed by atoms with Crippen LogP contribution in [0.5, 0.6) is 0 Å².